The maximum Gasteiger partial charge on any atom is 0.0786 e. The van der Waals surface area contributed by atoms with Crippen molar-refractivity contribution in [3.05, 3.63) is 35.4 Å². The van der Waals surface area contributed by atoms with E-state index in [0.717, 1.165) is 10.6 Å². The Kier molecular flexibility index (Phi) is 5.02. The Morgan fingerprint density at radius 2 is 1.61 bits per heavy atom. The van der Waals surface area contributed by atoms with Gasteiger partial charge in [0, 0.05) is 10.3 Å². The van der Waals surface area contributed by atoms with E-state index in [1.54, 1.807) is 11.8 Å². The molecule has 1 rings (SSSR count). The van der Waals surface area contributed by atoms with Crippen LogP contribution < -0.4 is 0 Å². The summed E-state index contributed by atoms with van der Waals surface area (Å²) in [5.74, 6) is 0. The first kappa shape index (κ1) is 15.7. The van der Waals surface area contributed by atoms with Crippen molar-refractivity contribution in [2.45, 2.75) is 52.7 Å². The first-order valence-corrected chi connectivity index (χ1v) is 7.62. The van der Waals surface area contributed by atoms with Crippen molar-refractivity contribution in [1.82, 2.24) is 0 Å². The predicted molar refractivity (Wildman–Crippen MR) is 88.6 cm³/mol. The molecule has 0 fully saturated rings. The van der Waals surface area contributed by atoms with E-state index in [1.165, 1.54) is 11.1 Å². The molecule has 0 aliphatic carbocycles. The first-order chi connectivity index (χ1) is 8.08. The molecule has 0 heterocycles. The minimum absolute atomic E-state index is 0.173. The Balaban J connectivity index is 2.99. The zero-order valence-corrected chi connectivity index (χ0v) is 14.0. The summed E-state index contributed by atoms with van der Waals surface area (Å²) >= 11 is 7.39. The lowest BCUT2D eigenvalue weighted by atomic mass is 9.86. The largest absolute Gasteiger partial charge is 0.108 e. The molecule has 2 heteroatoms. The molecule has 0 amide bonds. The highest BCUT2D eigenvalue weighted by molar-refractivity contribution is 8.24. The molecule has 0 N–H and O–H groups in total. The molecule has 0 aliphatic rings. The smallest absolute Gasteiger partial charge is 0.0786 e. The lowest BCUT2D eigenvalue weighted by Crippen LogP contribution is -2.15. The molecule has 0 saturated heterocycles. The van der Waals surface area contributed by atoms with Crippen molar-refractivity contribution in [1.29, 1.82) is 0 Å². The van der Waals surface area contributed by atoms with Gasteiger partial charge in [-0.3, -0.25) is 0 Å². The van der Waals surface area contributed by atoms with E-state index in [1.807, 2.05) is 0 Å². The van der Waals surface area contributed by atoms with Crippen molar-refractivity contribution in [3.8, 4) is 0 Å². The third-order valence-electron chi connectivity index (χ3n) is 2.36. The van der Waals surface area contributed by atoms with Gasteiger partial charge in [-0.15, -0.1) is 11.8 Å². The minimum Gasteiger partial charge on any atom is -0.108 e. The van der Waals surface area contributed by atoms with Crippen molar-refractivity contribution in [3.63, 3.8) is 0 Å². The standard InChI is InChI=1S/C16H24S2/c1-15(2,3)11-12-9-7-8-10-13(12)14(17)18-16(4,5)6/h7-10H,11H2,1-6H3. The van der Waals surface area contributed by atoms with Crippen LogP contribution >= 0.6 is 24.0 Å². The molecule has 0 atom stereocenters. The van der Waals surface area contributed by atoms with Crippen LogP contribution in [0.3, 0.4) is 0 Å². The molecule has 0 saturated carbocycles. The second-order valence-electron chi connectivity index (χ2n) is 6.90. The van der Waals surface area contributed by atoms with Gasteiger partial charge in [0.05, 0.1) is 4.20 Å². The normalized spacial score (nSPS) is 12.6. The van der Waals surface area contributed by atoms with Crippen molar-refractivity contribution < 1.29 is 0 Å². The molecule has 18 heavy (non-hydrogen) atoms. The summed E-state index contributed by atoms with van der Waals surface area (Å²) in [5, 5.41) is 0. The Morgan fingerprint density at radius 1 is 1.06 bits per heavy atom. The zero-order chi connectivity index (χ0) is 14.0. The van der Waals surface area contributed by atoms with Crippen LogP contribution in [0.5, 0.6) is 0 Å². The summed E-state index contributed by atoms with van der Waals surface area (Å²) in [5.41, 5.74) is 2.90. The van der Waals surface area contributed by atoms with Crippen LogP contribution in [0.25, 0.3) is 0 Å². The molecule has 0 nitrogen and oxygen atoms in total. The number of hydrogen-bond donors (Lipinski definition) is 0. The Morgan fingerprint density at radius 3 is 2.11 bits per heavy atom. The van der Waals surface area contributed by atoms with Gasteiger partial charge in [0.1, 0.15) is 0 Å². The van der Waals surface area contributed by atoms with Gasteiger partial charge in [0.25, 0.3) is 0 Å². The van der Waals surface area contributed by atoms with Crippen LogP contribution in [0.2, 0.25) is 0 Å². The number of rotatable bonds is 2. The topological polar surface area (TPSA) is 0 Å². The molecule has 1 aromatic rings. The Bertz CT molecular complexity index is 419. The Hall–Kier alpha value is -0.340. The van der Waals surface area contributed by atoms with Crippen molar-refractivity contribution in [2.75, 3.05) is 0 Å². The van der Waals surface area contributed by atoms with Crippen LogP contribution in [-0.4, -0.2) is 8.94 Å². The molecule has 0 radical (unpaired) electrons. The van der Waals surface area contributed by atoms with Gasteiger partial charge in [-0.2, -0.15) is 0 Å². The molecule has 1 aromatic carbocycles. The predicted octanol–water partition coefficient (Wildman–Crippen LogP) is 5.48. The van der Waals surface area contributed by atoms with E-state index in [9.17, 15) is 0 Å². The van der Waals surface area contributed by atoms with Gasteiger partial charge in [0.15, 0.2) is 0 Å². The quantitative estimate of drug-likeness (QED) is 0.658. The van der Waals surface area contributed by atoms with Crippen LogP contribution in [0.4, 0.5) is 0 Å². The number of benzene rings is 1. The molecule has 100 valence electrons. The van der Waals surface area contributed by atoms with Gasteiger partial charge in [-0.25, -0.2) is 0 Å². The molecule has 0 spiro atoms. The summed E-state index contributed by atoms with van der Waals surface area (Å²) in [7, 11) is 0. The highest BCUT2D eigenvalue weighted by Gasteiger charge is 2.19. The summed E-state index contributed by atoms with van der Waals surface area (Å²) in [6, 6.07) is 8.55. The Labute approximate surface area is 122 Å². The molecule has 0 bridgehead atoms. The highest BCUT2D eigenvalue weighted by Crippen LogP contribution is 2.31. The van der Waals surface area contributed by atoms with E-state index >= 15 is 0 Å². The van der Waals surface area contributed by atoms with E-state index < -0.39 is 0 Å². The van der Waals surface area contributed by atoms with E-state index in [-0.39, 0.29) is 10.2 Å². The SMILES string of the molecule is CC(C)(C)Cc1ccccc1C(=S)SC(C)(C)C. The van der Waals surface area contributed by atoms with E-state index in [0.29, 0.717) is 0 Å². The molecule has 0 aromatic heterocycles. The fourth-order valence-electron chi connectivity index (χ4n) is 1.78. The average molecular weight is 281 g/mol. The van der Waals surface area contributed by atoms with Gasteiger partial charge < -0.3 is 0 Å². The average Bonchev–Trinajstić information content (AvgIpc) is 2.12. The molecular formula is C16H24S2. The summed E-state index contributed by atoms with van der Waals surface area (Å²) in [6.07, 6.45) is 1.06. The lowest BCUT2D eigenvalue weighted by Gasteiger charge is -2.23. The maximum absolute atomic E-state index is 5.61. The van der Waals surface area contributed by atoms with Crippen molar-refractivity contribution in [2.24, 2.45) is 5.41 Å². The third kappa shape index (κ3) is 5.53. The number of thioether (sulfide) groups is 1. The van der Waals surface area contributed by atoms with E-state index in [4.69, 9.17) is 12.2 Å². The zero-order valence-electron chi connectivity index (χ0n) is 12.3. The monoisotopic (exact) mass is 280 g/mol. The second-order valence-corrected chi connectivity index (χ2v) is 9.40. The van der Waals surface area contributed by atoms with Crippen LogP contribution in [-0.2, 0) is 6.42 Å². The number of thiocarbonyl (C=S) groups is 1. The molecule has 0 aliphatic heterocycles. The third-order valence-corrected chi connectivity index (χ3v) is 3.84. The fraction of sp³-hybridized carbons (Fsp3) is 0.562. The summed E-state index contributed by atoms with van der Waals surface area (Å²) < 4.78 is 1.19. The van der Waals surface area contributed by atoms with Gasteiger partial charge in [-0.1, -0.05) is 78.0 Å². The summed E-state index contributed by atoms with van der Waals surface area (Å²) in [4.78, 5) is 0. The second kappa shape index (κ2) is 5.75. The van der Waals surface area contributed by atoms with Gasteiger partial charge >= 0.3 is 0 Å². The van der Waals surface area contributed by atoms with Crippen LogP contribution in [0, 0.1) is 5.41 Å². The lowest BCUT2D eigenvalue weighted by molar-refractivity contribution is 0.411. The first-order valence-electron chi connectivity index (χ1n) is 6.40. The van der Waals surface area contributed by atoms with Gasteiger partial charge in [0.2, 0.25) is 0 Å². The maximum atomic E-state index is 5.61. The minimum atomic E-state index is 0.173. The highest BCUT2D eigenvalue weighted by atomic mass is 32.2. The van der Waals surface area contributed by atoms with Crippen molar-refractivity contribution >= 4 is 28.2 Å². The van der Waals surface area contributed by atoms with E-state index in [2.05, 4.69) is 65.8 Å². The van der Waals surface area contributed by atoms with Crippen LogP contribution in [0.15, 0.2) is 24.3 Å². The molecule has 0 unspecified atom stereocenters. The fourth-order valence-corrected chi connectivity index (χ4v) is 3.59. The summed E-state index contributed by atoms with van der Waals surface area (Å²) in [6.45, 7) is 13.4. The van der Waals surface area contributed by atoms with Crippen LogP contribution in [0.1, 0.15) is 52.7 Å². The molecular weight excluding hydrogens is 256 g/mol. The van der Waals surface area contributed by atoms with Gasteiger partial charge in [-0.05, 0) is 17.4 Å². The number of hydrogen-bond acceptors (Lipinski definition) is 2.